The van der Waals surface area contributed by atoms with Crippen molar-refractivity contribution in [3.8, 4) is 0 Å². The van der Waals surface area contributed by atoms with Crippen molar-refractivity contribution in [1.29, 1.82) is 0 Å². The molecular formula is C18H15FN2O6S. The molecule has 0 unspecified atom stereocenters. The highest BCUT2D eigenvalue weighted by molar-refractivity contribution is 7.89. The Kier molecular flexibility index (Phi) is 5.01. The van der Waals surface area contributed by atoms with E-state index in [0.29, 0.717) is 0 Å². The van der Waals surface area contributed by atoms with E-state index in [1.165, 1.54) is 24.3 Å². The average Bonchev–Trinajstić information content (AvgIpc) is 2.86. The number of hydrogen-bond donors (Lipinski definition) is 1. The molecule has 0 spiro atoms. The van der Waals surface area contributed by atoms with Gasteiger partial charge < -0.3 is 4.84 Å². The molecule has 3 rings (SSSR count). The van der Waals surface area contributed by atoms with Crippen LogP contribution in [0.25, 0.3) is 0 Å². The maximum absolute atomic E-state index is 14.1. The number of carbonyl (C=O) groups is 3. The lowest BCUT2D eigenvalue weighted by Crippen LogP contribution is -2.33. The number of imide groups is 1. The van der Waals surface area contributed by atoms with E-state index in [0.717, 1.165) is 18.2 Å². The van der Waals surface area contributed by atoms with Crippen molar-refractivity contribution in [3.63, 3.8) is 0 Å². The van der Waals surface area contributed by atoms with Gasteiger partial charge in [0.15, 0.2) is 0 Å². The first-order chi connectivity index (χ1) is 13.1. The van der Waals surface area contributed by atoms with Crippen LogP contribution >= 0.6 is 0 Å². The number of fused-ring (bicyclic) bond motifs is 1. The number of amides is 2. The van der Waals surface area contributed by atoms with Crippen LogP contribution in [-0.2, 0) is 14.9 Å². The summed E-state index contributed by atoms with van der Waals surface area (Å²) < 4.78 is 40.8. The summed E-state index contributed by atoms with van der Waals surface area (Å²) in [5.41, 5.74) is -0.653. The summed E-state index contributed by atoms with van der Waals surface area (Å²) in [7, 11) is -4.00. The Morgan fingerprint density at radius 2 is 1.64 bits per heavy atom. The van der Waals surface area contributed by atoms with Gasteiger partial charge in [0.05, 0.1) is 21.6 Å². The molecule has 0 radical (unpaired) electrons. The number of sulfonamides is 1. The zero-order chi connectivity index (χ0) is 20.6. The van der Waals surface area contributed by atoms with Crippen LogP contribution in [0, 0.1) is 5.82 Å². The number of hydrogen-bond acceptors (Lipinski definition) is 6. The topological polar surface area (TPSA) is 110 Å². The molecule has 0 saturated heterocycles. The van der Waals surface area contributed by atoms with E-state index in [1.807, 2.05) is 0 Å². The van der Waals surface area contributed by atoms with Crippen molar-refractivity contribution < 1.29 is 32.0 Å². The number of nitrogens with one attached hydrogen (secondary N) is 1. The molecular weight excluding hydrogens is 391 g/mol. The Bertz CT molecular complexity index is 1060. The first-order valence-electron chi connectivity index (χ1n) is 8.14. The molecule has 0 bridgehead atoms. The van der Waals surface area contributed by atoms with Gasteiger partial charge in [0.1, 0.15) is 5.82 Å². The predicted octanol–water partition coefficient (Wildman–Crippen LogP) is 1.88. The second-order valence-corrected chi connectivity index (χ2v) is 7.96. The summed E-state index contributed by atoms with van der Waals surface area (Å²) in [5.74, 6) is -4.20. The number of hydroxylamine groups is 2. The predicted molar refractivity (Wildman–Crippen MR) is 94.2 cm³/mol. The fourth-order valence-electron chi connectivity index (χ4n) is 2.59. The van der Waals surface area contributed by atoms with Crippen LogP contribution in [0.1, 0.15) is 44.9 Å². The number of benzene rings is 2. The summed E-state index contributed by atoms with van der Waals surface area (Å²) in [6.45, 7) is 3.19. The minimum atomic E-state index is -4.00. The summed E-state index contributed by atoms with van der Waals surface area (Å²) >= 11 is 0. The second kappa shape index (κ2) is 7.13. The van der Waals surface area contributed by atoms with E-state index in [-0.39, 0.29) is 21.1 Å². The number of rotatable bonds is 5. The third kappa shape index (κ3) is 3.51. The fraction of sp³-hybridized carbons (Fsp3) is 0.167. The van der Waals surface area contributed by atoms with Gasteiger partial charge in [-0.25, -0.2) is 22.3 Å². The molecule has 0 aliphatic carbocycles. The van der Waals surface area contributed by atoms with Crippen LogP contribution in [0.3, 0.4) is 0 Å². The fourth-order valence-corrected chi connectivity index (χ4v) is 3.87. The highest BCUT2D eigenvalue weighted by Gasteiger charge is 2.39. The Labute approximate surface area is 159 Å². The highest BCUT2D eigenvalue weighted by Crippen LogP contribution is 2.24. The normalized spacial score (nSPS) is 13.8. The number of nitrogens with zero attached hydrogens (tertiary/aromatic N) is 1. The van der Waals surface area contributed by atoms with Crippen molar-refractivity contribution in [2.75, 3.05) is 0 Å². The molecule has 1 aliphatic rings. The molecule has 1 aliphatic heterocycles. The van der Waals surface area contributed by atoms with Gasteiger partial charge in [0.2, 0.25) is 10.0 Å². The summed E-state index contributed by atoms with van der Waals surface area (Å²) in [6.07, 6.45) is 0. The van der Waals surface area contributed by atoms with E-state index in [9.17, 15) is 27.2 Å². The van der Waals surface area contributed by atoms with Crippen molar-refractivity contribution in [3.05, 3.63) is 65.0 Å². The first-order valence-corrected chi connectivity index (χ1v) is 9.62. The van der Waals surface area contributed by atoms with Crippen molar-refractivity contribution in [1.82, 2.24) is 9.79 Å². The quantitative estimate of drug-likeness (QED) is 0.760. The molecule has 2 aromatic carbocycles. The zero-order valence-corrected chi connectivity index (χ0v) is 15.6. The van der Waals surface area contributed by atoms with Crippen LogP contribution in [0.2, 0.25) is 0 Å². The third-order valence-corrected chi connectivity index (χ3v) is 5.45. The van der Waals surface area contributed by atoms with E-state index >= 15 is 0 Å². The molecule has 146 valence electrons. The average molecular weight is 406 g/mol. The van der Waals surface area contributed by atoms with Crippen LogP contribution in [0.5, 0.6) is 0 Å². The van der Waals surface area contributed by atoms with E-state index in [1.54, 1.807) is 13.8 Å². The van der Waals surface area contributed by atoms with Gasteiger partial charge in [-0.15, -0.1) is 0 Å². The molecule has 0 aromatic heterocycles. The van der Waals surface area contributed by atoms with Gasteiger partial charge in [-0.1, -0.05) is 17.2 Å². The van der Waals surface area contributed by atoms with Gasteiger partial charge in [-0.3, -0.25) is 9.59 Å². The number of halogens is 1. The monoisotopic (exact) mass is 406 g/mol. The molecule has 10 heteroatoms. The standard InChI is InChI=1S/C18H15FN2O6S/c1-10(2)20-28(25,26)11-7-8-15(19)14(9-11)18(24)27-21-16(22)12-5-3-4-6-13(12)17(21)23/h3-10,20H,1-2H3. The molecule has 0 saturated carbocycles. The SMILES string of the molecule is CC(C)NS(=O)(=O)c1ccc(F)c(C(=O)ON2C(=O)c3ccccc3C2=O)c1. The second-order valence-electron chi connectivity index (χ2n) is 6.25. The Hall–Kier alpha value is -3.11. The van der Waals surface area contributed by atoms with Crippen molar-refractivity contribution in [2.45, 2.75) is 24.8 Å². The minimum absolute atomic E-state index is 0.0400. The minimum Gasteiger partial charge on any atom is -0.324 e. The first kappa shape index (κ1) is 19.6. The molecule has 2 amide bonds. The zero-order valence-electron chi connectivity index (χ0n) is 14.8. The maximum atomic E-state index is 14.1. The molecule has 0 atom stereocenters. The van der Waals surface area contributed by atoms with Crippen LogP contribution < -0.4 is 4.72 Å². The van der Waals surface area contributed by atoms with E-state index < -0.39 is 45.2 Å². The van der Waals surface area contributed by atoms with Crippen molar-refractivity contribution >= 4 is 27.8 Å². The van der Waals surface area contributed by atoms with Gasteiger partial charge in [0.25, 0.3) is 11.8 Å². The lowest BCUT2D eigenvalue weighted by molar-refractivity contribution is -0.0587. The van der Waals surface area contributed by atoms with E-state index in [2.05, 4.69) is 4.72 Å². The molecule has 2 aromatic rings. The summed E-state index contributed by atoms with van der Waals surface area (Å²) in [6, 6.07) is 7.95. The molecule has 1 N–H and O–H groups in total. The molecule has 8 nitrogen and oxygen atoms in total. The number of carbonyl (C=O) groups excluding carboxylic acids is 3. The van der Waals surface area contributed by atoms with Crippen LogP contribution in [0.15, 0.2) is 47.4 Å². The molecule has 1 heterocycles. The molecule has 28 heavy (non-hydrogen) atoms. The smallest absolute Gasteiger partial charge is 0.324 e. The Morgan fingerprint density at radius 3 is 2.18 bits per heavy atom. The third-order valence-electron chi connectivity index (χ3n) is 3.79. The van der Waals surface area contributed by atoms with Gasteiger partial charge in [-0.05, 0) is 44.2 Å². The van der Waals surface area contributed by atoms with Crippen LogP contribution in [0.4, 0.5) is 4.39 Å². The largest absolute Gasteiger partial charge is 0.366 e. The van der Waals surface area contributed by atoms with Crippen molar-refractivity contribution in [2.24, 2.45) is 0 Å². The Morgan fingerprint density at radius 1 is 1.07 bits per heavy atom. The summed E-state index contributed by atoms with van der Waals surface area (Å²) in [5, 5.41) is 0.222. The maximum Gasteiger partial charge on any atom is 0.366 e. The lowest BCUT2D eigenvalue weighted by Gasteiger charge is -2.14. The summed E-state index contributed by atoms with van der Waals surface area (Å²) in [4.78, 5) is 41.2. The van der Waals surface area contributed by atoms with Crippen LogP contribution in [-0.4, -0.2) is 37.3 Å². The van der Waals surface area contributed by atoms with Gasteiger partial charge in [0, 0.05) is 6.04 Å². The molecule has 0 fully saturated rings. The van der Waals surface area contributed by atoms with Gasteiger partial charge >= 0.3 is 5.97 Å². The Balaban J connectivity index is 1.89. The lowest BCUT2D eigenvalue weighted by atomic mass is 10.1. The van der Waals surface area contributed by atoms with E-state index in [4.69, 9.17) is 4.84 Å². The highest BCUT2D eigenvalue weighted by atomic mass is 32.2. The van der Waals surface area contributed by atoms with Gasteiger partial charge in [-0.2, -0.15) is 0 Å².